The first-order chi connectivity index (χ1) is 13.9. The van der Waals surface area contributed by atoms with E-state index in [4.69, 9.17) is 4.98 Å². The SMILES string of the molecule is CN1CCN(c2cccc(/C=C3\CN(Cc4cccs4)CC(C)(C)C3=O)n2)CC1. The molecular weight excluding hydrogens is 380 g/mol. The van der Waals surface area contributed by atoms with E-state index < -0.39 is 0 Å². The fraction of sp³-hybridized carbons (Fsp3) is 0.478. The molecule has 0 amide bonds. The normalized spacial score (nSPS) is 22.4. The second-order valence-corrected chi connectivity index (χ2v) is 9.85. The van der Waals surface area contributed by atoms with Crippen LogP contribution in [0.1, 0.15) is 24.4 Å². The number of aromatic nitrogens is 1. The Labute approximate surface area is 177 Å². The molecule has 0 unspecified atom stereocenters. The van der Waals surface area contributed by atoms with Gasteiger partial charge in [0.05, 0.1) is 5.69 Å². The number of rotatable bonds is 4. The molecule has 0 atom stereocenters. The summed E-state index contributed by atoms with van der Waals surface area (Å²) in [6.45, 7) is 10.6. The molecular formula is C23H30N4OS. The Balaban J connectivity index is 1.55. The van der Waals surface area contributed by atoms with Gasteiger partial charge in [0.25, 0.3) is 0 Å². The summed E-state index contributed by atoms with van der Waals surface area (Å²) in [7, 11) is 2.16. The summed E-state index contributed by atoms with van der Waals surface area (Å²) in [6, 6.07) is 10.4. The first-order valence-corrected chi connectivity index (χ1v) is 11.2. The molecule has 4 heterocycles. The number of thiophene rings is 1. The zero-order chi connectivity index (χ0) is 20.4. The molecule has 2 aromatic heterocycles. The Bertz CT molecular complexity index is 882. The van der Waals surface area contributed by atoms with E-state index in [2.05, 4.69) is 65.2 Å². The molecule has 6 heteroatoms. The minimum atomic E-state index is -0.379. The van der Waals surface area contributed by atoms with E-state index in [0.29, 0.717) is 6.54 Å². The van der Waals surface area contributed by atoms with Crippen LogP contribution < -0.4 is 4.90 Å². The van der Waals surface area contributed by atoms with Crippen LogP contribution >= 0.6 is 11.3 Å². The lowest BCUT2D eigenvalue weighted by Crippen LogP contribution is -2.47. The summed E-state index contributed by atoms with van der Waals surface area (Å²) in [6.07, 6.45) is 2.00. The molecule has 0 spiro atoms. The second kappa shape index (κ2) is 8.38. The number of piperidine rings is 1. The van der Waals surface area contributed by atoms with Crippen molar-refractivity contribution in [2.75, 3.05) is 51.2 Å². The van der Waals surface area contributed by atoms with Crippen LogP contribution in [0.15, 0.2) is 41.3 Å². The molecule has 4 rings (SSSR count). The van der Waals surface area contributed by atoms with Gasteiger partial charge in [0.1, 0.15) is 5.82 Å². The number of likely N-dealkylation sites (tertiary alicyclic amines) is 1. The van der Waals surface area contributed by atoms with Gasteiger partial charge in [-0.05, 0) is 36.7 Å². The second-order valence-electron chi connectivity index (χ2n) is 8.82. The molecule has 2 fully saturated rings. The van der Waals surface area contributed by atoms with Crippen molar-refractivity contribution in [3.63, 3.8) is 0 Å². The molecule has 2 aliphatic heterocycles. The van der Waals surface area contributed by atoms with Crippen molar-refractivity contribution in [1.29, 1.82) is 0 Å². The Morgan fingerprint density at radius 2 is 1.93 bits per heavy atom. The molecule has 2 aromatic rings. The summed E-state index contributed by atoms with van der Waals surface area (Å²) in [5, 5.41) is 2.11. The lowest BCUT2D eigenvalue weighted by molar-refractivity contribution is -0.126. The highest BCUT2D eigenvalue weighted by atomic mass is 32.1. The molecule has 0 N–H and O–H groups in total. The van der Waals surface area contributed by atoms with Crippen LogP contribution in [0.2, 0.25) is 0 Å². The number of piperazine rings is 1. The average Bonchev–Trinajstić information content (AvgIpc) is 3.19. The van der Waals surface area contributed by atoms with Crippen molar-refractivity contribution in [2.24, 2.45) is 5.41 Å². The number of anilines is 1. The number of Topliss-reactive ketones (excluding diaryl/α,β-unsaturated/α-hetero) is 1. The molecule has 0 radical (unpaired) electrons. The van der Waals surface area contributed by atoms with Gasteiger partial charge in [0.15, 0.2) is 5.78 Å². The first kappa shape index (κ1) is 20.3. The van der Waals surface area contributed by atoms with Crippen molar-refractivity contribution in [3.8, 4) is 0 Å². The third-order valence-electron chi connectivity index (χ3n) is 5.78. The van der Waals surface area contributed by atoms with E-state index in [0.717, 1.165) is 56.4 Å². The smallest absolute Gasteiger partial charge is 0.167 e. The number of carbonyl (C=O) groups is 1. The highest BCUT2D eigenvalue weighted by Crippen LogP contribution is 2.31. The summed E-state index contributed by atoms with van der Waals surface area (Å²) in [4.78, 5) is 26.3. The van der Waals surface area contributed by atoms with Crippen LogP contribution in [-0.2, 0) is 11.3 Å². The number of pyridine rings is 1. The molecule has 0 bridgehead atoms. The molecule has 154 valence electrons. The van der Waals surface area contributed by atoms with Crippen molar-refractivity contribution in [1.82, 2.24) is 14.8 Å². The van der Waals surface area contributed by atoms with Gasteiger partial charge in [-0.3, -0.25) is 9.69 Å². The first-order valence-electron chi connectivity index (χ1n) is 10.3. The maximum atomic E-state index is 13.1. The molecule has 0 saturated carbocycles. The average molecular weight is 411 g/mol. The van der Waals surface area contributed by atoms with Gasteiger partial charge in [-0.1, -0.05) is 26.0 Å². The Morgan fingerprint density at radius 3 is 2.66 bits per heavy atom. The minimum absolute atomic E-state index is 0.242. The fourth-order valence-electron chi connectivity index (χ4n) is 4.19. The summed E-state index contributed by atoms with van der Waals surface area (Å²) < 4.78 is 0. The summed E-state index contributed by atoms with van der Waals surface area (Å²) in [5.41, 5.74) is 1.36. The Morgan fingerprint density at radius 1 is 1.14 bits per heavy atom. The fourth-order valence-corrected chi connectivity index (χ4v) is 4.94. The predicted molar refractivity (Wildman–Crippen MR) is 120 cm³/mol. The van der Waals surface area contributed by atoms with Gasteiger partial charge in [-0.25, -0.2) is 4.98 Å². The van der Waals surface area contributed by atoms with Gasteiger partial charge < -0.3 is 9.80 Å². The number of hydrogen-bond acceptors (Lipinski definition) is 6. The van der Waals surface area contributed by atoms with Crippen molar-refractivity contribution >= 4 is 29.0 Å². The number of nitrogens with zero attached hydrogens (tertiary/aromatic N) is 4. The van der Waals surface area contributed by atoms with Crippen LogP contribution in [0, 0.1) is 5.41 Å². The molecule has 29 heavy (non-hydrogen) atoms. The van der Waals surface area contributed by atoms with E-state index in [1.165, 1.54) is 4.88 Å². The van der Waals surface area contributed by atoms with E-state index in [-0.39, 0.29) is 11.2 Å². The van der Waals surface area contributed by atoms with Crippen molar-refractivity contribution in [3.05, 3.63) is 51.9 Å². The summed E-state index contributed by atoms with van der Waals surface area (Å²) in [5.74, 6) is 1.25. The Kier molecular flexibility index (Phi) is 5.86. The standard InChI is InChI=1S/C23H30N4OS/c1-23(2)17-26(16-20-7-5-13-29-20)15-18(22(23)28)14-19-6-4-8-21(24-19)27-11-9-25(3)10-12-27/h4-8,13-14H,9-12,15-17H2,1-3H3/b18-14+. The highest BCUT2D eigenvalue weighted by molar-refractivity contribution is 7.09. The van der Waals surface area contributed by atoms with Crippen LogP contribution in [0.25, 0.3) is 6.08 Å². The quantitative estimate of drug-likeness (QED) is 0.723. The van der Waals surface area contributed by atoms with E-state index in [1.54, 1.807) is 11.3 Å². The molecule has 0 aliphatic carbocycles. The molecule has 5 nitrogen and oxygen atoms in total. The lowest BCUT2D eigenvalue weighted by atomic mass is 9.79. The number of hydrogen-bond donors (Lipinski definition) is 0. The van der Waals surface area contributed by atoms with Crippen LogP contribution in [0.5, 0.6) is 0 Å². The van der Waals surface area contributed by atoms with Gasteiger partial charge in [0.2, 0.25) is 0 Å². The number of carbonyl (C=O) groups excluding carboxylic acids is 1. The van der Waals surface area contributed by atoms with E-state index >= 15 is 0 Å². The predicted octanol–water partition coefficient (Wildman–Crippen LogP) is 3.39. The van der Waals surface area contributed by atoms with Crippen molar-refractivity contribution < 1.29 is 4.79 Å². The van der Waals surface area contributed by atoms with Gasteiger partial charge in [-0.2, -0.15) is 0 Å². The van der Waals surface area contributed by atoms with Gasteiger partial charge in [0, 0.05) is 61.7 Å². The van der Waals surface area contributed by atoms with Crippen molar-refractivity contribution in [2.45, 2.75) is 20.4 Å². The van der Waals surface area contributed by atoms with Crippen LogP contribution in [0.4, 0.5) is 5.82 Å². The molecule has 0 aromatic carbocycles. The highest BCUT2D eigenvalue weighted by Gasteiger charge is 2.37. The monoisotopic (exact) mass is 410 g/mol. The molecule has 2 aliphatic rings. The lowest BCUT2D eigenvalue weighted by Gasteiger charge is -2.38. The summed E-state index contributed by atoms with van der Waals surface area (Å²) >= 11 is 1.77. The molecule has 2 saturated heterocycles. The zero-order valence-electron chi connectivity index (χ0n) is 17.6. The number of ketones is 1. The third kappa shape index (κ3) is 4.77. The van der Waals surface area contributed by atoms with Crippen LogP contribution in [-0.4, -0.2) is 66.9 Å². The van der Waals surface area contributed by atoms with Gasteiger partial charge >= 0.3 is 0 Å². The van der Waals surface area contributed by atoms with E-state index in [9.17, 15) is 4.79 Å². The van der Waals surface area contributed by atoms with Gasteiger partial charge in [-0.15, -0.1) is 11.3 Å². The maximum absolute atomic E-state index is 13.1. The zero-order valence-corrected chi connectivity index (χ0v) is 18.4. The van der Waals surface area contributed by atoms with E-state index in [1.807, 2.05) is 12.1 Å². The number of likely N-dealkylation sites (N-methyl/N-ethyl adjacent to an activating group) is 1. The topological polar surface area (TPSA) is 39.7 Å². The Hall–Kier alpha value is -2.02. The largest absolute Gasteiger partial charge is 0.354 e. The minimum Gasteiger partial charge on any atom is -0.354 e. The third-order valence-corrected chi connectivity index (χ3v) is 6.65. The maximum Gasteiger partial charge on any atom is 0.167 e. The van der Waals surface area contributed by atoms with Crippen LogP contribution in [0.3, 0.4) is 0 Å².